The lowest BCUT2D eigenvalue weighted by Gasteiger charge is -2.15. The van der Waals surface area contributed by atoms with Crippen molar-refractivity contribution in [1.29, 1.82) is 0 Å². The quantitative estimate of drug-likeness (QED) is 0.580. The molecular formula is C11H9F3N2. The molecule has 1 aromatic rings. The molecule has 0 spiro atoms. The van der Waals surface area contributed by atoms with Crippen LogP contribution in [0.2, 0.25) is 0 Å². The monoisotopic (exact) mass is 226 g/mol. The number of benzene rings is 1. The van der Waals surface area contributed by atoms with E-state index in [-0.39, 0.29) is 5.56 Å². The summed E-state index contributed by atoms with van der Waals surface area (Å²) in [4.78, 5) is 3.89. The molecule has 1 aliphatic rings. The van der Waals surface area contributed by atoms with Gasteiger partial charge in [-0.1, -0.05) is 6.08 Å². The van der Waals surface area contributed by atoms with Gasteiger partial charge < -0.3 is 5.73 Å². The van der Waals surface area contributed by atoms with Crippen LogP contribution >= 0.6 is 0 Å². The van der Waals surface area contributed by atoms with Crippen LogP contribution in [-0.2, 0) is 0 Å². The van der Waals surface area contributed by atoms with Gasteiger partial charge in [0, 0.05) is 12.3 Å². The molecule has 0 amide bonds. The van der Waals surface area contributed by atoms with E-state index in [2.05, 4.69) is 4.99 Å². The normalized spacial score (nSPS) is 19.1. The van der Waals surface area contributed by atoms with Crippen LogP contribution in [0.3, 0.4) is 0 Å². The Hall–Kier alpha value is -1.78. The molecule has 2 rings (SSSR count). The first kappa shape index (κ1) is 10.7. The zero-order valence-electron chi connectivity index (χ0n) is 8.25. The summed E-state index contributed by atoms with van der Waals surface area (Å²) in [5.41, 5.74) is 4.21. The zero-order valence-corrected chi connectivity index (χ0v) is 8.25. The van der Waals surface area contributed by atoms with Crippen LogP contribution in [0.15, 0.2) is 23.2 Å². The third-order valence-corrected chi connectivity index (χ3v) is 2.40. The van der Waals surface area contributed by atoms with Crippen molar-refractivity contribution in [2.24, 2.45) is 4.99 Å². The Labute approximate surface area is 90.3 Å². The summed E-state index contributed by atoms with van der Waals surface area (Å²) < 4.78 is 40.2. The Bertz CT molecular complexity index is 481. The fourth-order valence-electron chi connectivity index (χ4n) is 1.61. The number of nitrogens with two attached hydrogens (primary N) is 1. The summed E-state index contributed by atoms with van der Waals surface area (Å²) in [6.07, 6.45) is 5.15. The summed E-state index contributed by atoms with van der Waals surface area (Å²) >= 11 is 0. The smallest absolute Gasteiger partial charge is 0.182 e. The molecule has 0 fully saturated rings. The van der Waals surface area contributed by atoms with E-state index in [1.165, 1.54) is 6.21 Å². The van der Waals surface area contributed by atoms with Crippen molar-refractivity contribution in [1.82, 2.24) is 0 Å². The lowest BCUT2D eigenvalue weighted by atomic mass is 10.0. The van der Waals surface area contributed by atoms with Gasteiger partial charge in [-0.2, -0.15) is 0 Å². The second-order valence-corrected chi connectivity index (χ2v) is 3.47. The Morgan fingerprint density at radius 2 is 2.00 bits per heavy atom. The van der Waals surface area contributed by atoms with Gasteiger partial charge in [0.15, 0.2) is 11.6 Å². The van der Waals surface area contributed by atoms with Crippen molar-refractivity contribution in [3.05, 3.63) is 41.2 Å². The van der Waals surface area contributed by atoms with Crippen molar-refractivity contribution >= 4 is 11.9 Å². The highest BCUT2D eigenvalue weighted by atomic mass is 19.2. The van der Waals surface area contributed by atoms with Crippen LogP contribution < -0.4 is 5.73 Å². The van der Waals surface area contributed by atoms with E-state index in [0.717, 1.165) is 6.07 Å². The first-order valence-corrected chi connectivity index (χ1v) is 4.72. The standard InChI is InChI=1S/C11H9F3N2/c12-6-5-7(15)10(13)11(14)9(6)8-3-1-2-4-16-8/h1-2,4-5,8H,3,15H2. The van der Waals surface area contributed by atoms with Gasteiger partial charge in [0.2, 0.25) is 0 Å². The van der Waals surface area contributed by atoms with Gasteiger partial charge in [-0.05, 0) is 12.5 Å². The number of allylic oxidation sites excluding steroid dienone is 1. The van der Waals surface area contributed by atoms with Crippen molar-refractivity contribution in [2.45, 2.75) is 12.5 Å². The molecule has 1 aliphatic heterocycles. The minimum absolute atomic E-state index is 0.341. The average Bonchev–Trinajstić information content (AvgIpc) is 2.28. The molecule has 0 saturated heterocycles. The van der Waals surface area contributed by atoms with Crippen LogP contribution in [0.5, 0.6) is 0 Å². The van der Waals surface area contributed by atoms with Gasteiger partial charge in [0.25, 0.3) is 0 Å². The van der Waals surface area contributed by atoms with E-state index in [4.69, 9.17) is 5.73 Å². The van der Waals surface area contributed by atoms with E-state index in [1.54, 1.807) is 12.2 Å². The summed E-state index contributed by atoms with van der Waals surface area (Å²) in [6.45, 7) is 0. The van der Waals surface area contributed by atoms with Crippen LogP contribution in [0.4, 0.5) is 18.9 Å². The highest BCUT2D eigenvalue weighted by Gasteiger charge is 2.24. The van der Waals surface area contributed by atoms with Gasteiger partial charge in [-0.25, -0.2) is 13.2 Å². The number of hydrogen-bond acceptors (Lipinski definition) is 2. The number of nitrogen functional groups attached to an aromatic ring is 1. The molecule has 5 heteroatoms. The molecular weight excluding hydrogens is 217 g/mol. The summed E-state index contributed by atoms with van der Waals surface area (Å²) in [5, 5.41) is 0. The van der Waals surface area contributed by atoms with E-state index in [0.29, 0.717) is 6.42 Å². The number of hydrogen-bond donors (Lipinski definition) is 1. The SMILES string of the molecule is Nc1cc(F)c(C2CC=CC=N2)c(F)c1F. The molecule has 0 saturated carbocycles. The molecule has 1 unspecified atom stereocenters. The maximum Gasteiger partial charge on any atom is 0.182 e. The summed E-state index contributed by atoms with van der Waals surface area (Å²) in [7, 11) is 0. The molecule has 0 bridgehead atoms. The predicted octanol–water partition coefficient (Wildman–Crippen LogP) is 2.76. The molecule has 0 aliphatic carbocycles. The molecule has 2 nitrogen and oxygen atoms in total. The lowest BCUT2D eigenvalue weighted by Crippen LogP contribution is -2.08. The molecule has 2 N–H and O–H groups in total. The number of dihydropyridines is 1. The van der Waals surface area contributed by atoms with Crippen molar-refractivity contribution in [3.8, 4) is 0 Å². The number of aliphatic imine (C=N–C) groups is 1. The molecule has 1 atom stereocenters. The third kappa shape index (κ3) is 1.68. The summed E-state index contributed by atoms with van der Waals surface area (Å²) in [5.74, 6) is -3.34. The first-order valence-electron chi connectivity index (χ1n) is 4.72. The largest absolute Gasteiger partial charge is 0.396 e. The molecule has 84 valence electrons. The van der Waals surface area contributed by atoms with Gasteiger partial charge in [0.1, 0.15) is 5.82 Å². The number of anilines is 1. The van der Waals surface area contributed by atoms with Crippen LogP contribution in [-0.4, -0.2) is 6.21 Å². The van der Waals surface area contributed by atoms with E-state index >= 15 is 0 Å². The van der Waals surface area contributed by atoms with Crippen LogP contribution in [0.1, 0.15) is 18.0 Å². The van der Waals surface area contributed by atoms with Crippen LogP contribution in [0, 0.1) is 17.5 Å². The molecule has 0 aromatic heterocycles. The Morgan fingerprint density at radius 3 is 2.62 bits per heavy atom. The van der Waals surface area contributed by atoms with Crippen molar-refractivity contribution < 1.29 is 13.2 Å². The maximum absolute atomic E-state index is 13.5. The maximum atomic E-state index is 13.5. The highest BCUT2D eigenvalue weighted by molar-refractivity contribution is 5.72. The first-order chi connectivity index (χ1) is 7.61. The fourth-order valence-corrected chi connectivity index (χ4v) is 1.61. The van der Waals surface area contributed by atoms with E-state index in [9.17, 15) is 13.2 Å². The number of nitrogens with zero attached hydrogens (tertiary/aromatic N) is 1. The van der Waals surface area contributed by atoms with Gasteiger partial charge >= 0.3 is 0 Å². The lowest BCUT2D eigenvalue weighted by molar-refractivity contribution is 0.468. The Kier molecular flexibility index (Phi) is 2.68. The summed E-state index contributed by atoms with van der Waals surface area (Å²) in [6, 6.07) is 0.0572. The minimum atomic E-state index is -1.25. The Morgan fingerprint density at radius 1 is 1.25 bits per heavy atom. The average molecular weight is 226 g/mol. The molecule has 1 heterocycles. The van der Waals surface area contributed by atoms with Crippen molar-refractivity contribution in [3.63, 3.8) is 0 Å². The van der Waals surface area contributed by atoms with Gasteiger partial charge in [-0.3, -0.25) is 4.99 Å². The van der Waals surface area contributed by atoms with E-state index < -0.39 is 29.2 Å². The second-order valence-electron chi connectivity index (χ2n) is 3.47. The molecule has 1 aromatic carbocycles. The highest BCUT2D eigenvalue weighted by Crippen LogP contribution is 2.31. The topological polar surface area (TPSA) is 38.4 Å². The number of halogens is 3. The zero-order chi connectivity index (χ0) is 11.7. The van der Waals surface area contributed by atoms with Gasteiger partial charge in [0.05, 0.1) is 17.3 Å². The van der Waals surface area contributed by atoms with E-state index in [1.807, 2.05) is 0 Å². The third-order valence-electron chi connectivity index (χ3n) is 2.40. The number of rotatable bonds is 1. The fraction of sp³-hybridized carbons (Fsp3) is 0.182. The van der Waals surface area contributed by atoms with Gasteiger partial charge in [-0.15, -0.1) is 0 Å². The Balaban J connectivity index is 2.52. The molecule has 16 heavy (non-hydrogen) atoms. The van der Waals surface area contributed by atoms with Crippen LogP contribution in [0.25, 0.3) is 0 Å². The predicted molar refractivity (Wildman–Crippen MR) is 55.7 cm³/mol. The second kappa shape index (κ2) is 4.00. The van der Waals surface area contributed by atoms with Crippen molar-refractivity contribution in [2.75, 3.05) is 5.73 Å². The molecule has 0 radical (unpaired) electrons. The minimum Gasteiger partial charge on any atom is -0.396 e.